The number of fused-ring (bicyclic) bond motifs is 1. The minimum absolute atomic E-state index is 0.0391. The number of carbonyl (C=O) groups excluding carboxylic acids is 1. The molecule has 12 nitrogen and oxygen atoms in total. The zero-order valence-corrected chi connectivity index (χ0v) is 22.7. The van der Waals surface area contributed by atoms with Gasteiger partial charge in [0, 0.05) is 49.9 Å². The molecule has 206 valence electrons. The highest BCUT2D eigenvalue weighted by Crippen LogP contribution is 2.31. The van der Waals surface area contributed by atoms with Gasteiger partial charge in [-0.05, 0) is 58.7 Å². The number of piperazine rings is 1. The Balaban J connectivity index is 1.49. The van der Waals surface area contributed by atoms with Crippen molar-refractivity contribution < 1.29 is 18.7 Å². The van der Waals surface area contributed by atoms with Gasteiger partial charge in [0.2, 0.25) is 0 Å². The number of likely N-dealkylation sites (tertiary alicyclic amines) is 1. The lowest BCUT2D eigenvalue weighted by molar-refractivity contribution is 0.0240. The van der Waals surface area contributed by atoms with Crippen LogP contribution in [0.2, 0.25) is 5.15 Å². The van der Waals surface area contributed by atoms with Crippen LogP contribution in [-0.2, 0) is 4.74 Å². The van der Waals surface area contributed by atoms with Gasteiger partial charge in [-0.2, -0.15) is 9.97 Å². The summed E-state index contributed by atoms with van der Waals surface area (Å²) in [5.74, 6) is -0.250. The fourth-order valence-corrected chi connectivity index (χ4v) is 4.81. The van der Waals surface area contributed by atoms with E-state index in [2.05, 4.69) is 29.9 Å². The number of rotatable bonds is 8. The Labute approximate surface area is 225 Å². The predicted octanol–water partition coefficient (Wildman–Crippen LogP) is 4.42. The van der Waals surface area contributed by atoms with Crippen molar-refractivity contribution in [2.45, 2.75) is 51.7 Å². The van der Waals surface area contributed by atoms with E-state index in [0.29, 0.717) is 50.5 Å². The Bertz CT molecular complexity index is 1200. The van der Waals surface area contributed by atoms with Gasteiger partial charge in [-0.15, -0.1) is 0 Å². The maximum absolute atomic E-state index is 15.0. The van der Waals surface area contributed by atoms with Gasteiger partial charge in [0.05, 0.1) is 5.39 Å². The van der Waals surface area contributed by atoms with Gasteiger partial charge in [0.25, 0.3) is 0 Å². The number of anilines is 1. The largest absolute Gasteiger partial charge is 0.462 e. The van der Waals surface area contributed by atoms with Crippen LogP contribution in [-0.4, -0.2) is 94.9 Å². The second-order valence-electron chi connectivity index (χ2n) is 10.4. The number of carbonyl (C=O) groups is 1. The van der Waals surface area contributed by atoms with E-state index in [0.717, 1.165) is 32.4 Å². The molecule has 2 aliphatic heterocycles. The van der Waals surface area contributed by atoms with Crippen molar-refractivity contribution >= 4 is 34.4 Å². The zero-order valence-electron chi connectivity index (χ0n) is 21.9. The molecular weight excluding hydrogens is 517 g/mol. The topological polar surface area (TPSA) is 133 Å². The molecule has 2 aromatic heterocycles. The fourth-order valence-electron chi connectivity index (χ4n) is 4.67. The fraction of sp³-hybridized carbons (Fsp3) is 0.667. The first-order chi connectivity index (χ1) is 18.2. The standard InChI is InChI=1S/C24H33ClFN9O3/c1-24(2,3)38-23(36)35-12-10-34(11-13-35)21-17-14-28-20(25)18(26)19(17)30-22(31-21)37-15-16-6-4-8-33(16)9-5-7-29-32-27/h14,16H,4-13,15H2,1-3H3/t16-/m0/s1. The number of halogens is 2. The van der Waals surface area contributed by atoms with Crippen LogP contribution >= 0.6 is 11.6 Å². The summed E-state index contributed by atoms with van der Waals surface area (Å²) in [6.45, 7) is 9.81. The second kappa shape index (κ2) is 12.1. The number of aromatic nitrogens is 3. The highest BCUT2D eigenvalue weighted by molar-refractivity contribution is 6.30. The maximum Gasteiger partial charge on any atom is 0.410 e. The van der Waals surface area contributed by atoms with E-state index in [9.17, 15) is 9.18 Å². The smallest absolute Gasteiger partial charge is 0.410 e. The third-order valence-electron chi connectivity index (χ3n) is 6.50. The minimum Gasteiger partial charge on any atom is -0.462 e. The SMILES string of the molecule is CC(C)(C)OC(=O)N1CCN(c2nc(OC[C@@H]3CCCN3CCCN=[N+]=[N-])nc3c(F)c(Cl)ncc23)CC1. The summed E-state index contributed by atoms with van der Waals surface area (Å²) < 4.78 is 26.5. The molecule has 0 aliphatic carbocycles. The zero-order chi connectivity index (χ0) is 27.3. The maximum atomic E-state index is 15.0. The Morgan fingerprint density at radius 3 is 2.74 bits per heavy atom. The first-order valence-electron chi connectivity index (χ1n) is 12.8. The average molecular weight is 550 g/mol. The molecule has 38 heavy (non-hydrogen) atoms. The lowest BCUT2D eigenvalue weighted by atomic mass is 10.2. The van der Waals surface area contributed by atoms with E-state index < -0.39 is 11.4 Å². The van der Waals surface area contributed by atoms with Crippen LogP contribution in [0, 0.1) is 5.82 Å². The minimum atomic E-state index is -0.731. The highest BCUT2D eigenvalue weighted by Gasteiger charge is 2.29. The summed E-state index contributed by atoms with van der Waals surface area (Å²) in [5, 5.41) is 3.75. The molecule has 1 atom stereocenters. The Morgan fingerprint density at radius 2 is 2.03 bits per heavy atom. The molecule has 0 unspecified atom stereocenters. The highest BCUT2D eigenvalue weighted by atomic mass is 35.5. The monoisotopic (exact) mass is 549 g/mol. The van der Waals surface area contributed by atoms with Gasteiger partial charge >= 0.3 is 12.1 Å². The summed E-state index contributed by atoms with van der Waals surface area (Å²) in [6, 6.07) is 0.219. The molecule has 2 saturated heterocycles. The van der Waals surface area contributed by atoms with Gasteiger partial charge in [-0.1, -0.05) is 16.7 Å². The summed E-state index contributed by atoms with van der Waals surface area (Å²) in [5.41, 5.74) is 7.93. The molecule has 0 bridgehead atoms. The quantitative estimate of drug-likeness (QED) is 0.155. The van der Waals surface area contributed by atoms with Crippen molar-refractivity contribution in [1.82, 2.24) is 24.8 Å². The Hall–Kier alpha value is -3.15. The van der Waals surface area contributed by atoms with E-state index in [1.807, 2.05) is 25.7 Å². The Morgan fingerprint density at radius 1 is 1.26 bits per heavy atom. The van der Waals surface area contributed by atoms with Crippen LogP contribution in [0.3, 0.4) is 0 Å². The number of hydrogen-bond donors (Lipinski definition) is 0. The van der Waals surface area contributed by atoms with Crippen molar-refractivity contribution in [3.63, 3.8) is 0 Å². The number of hydrogen-bond acceptors (Lipinski definition) is 9. The predicted molar refractivity (Wildman–Crippen MR) is 141 cm³/mol. The van der Waals surface area contributed by atoms with Crippen molar-refractivity contribution in [2.75, 3.05) is 57.3 Å². The number of amides is 1. The van der Waals surface area contributed by atoms with E-state index in [4.69, 9.17) is 26.6 Å². The molecule has 1 amide bonds. The van der Waals surface area contributed by atoms with Gasteiger partial charge < -0.3 is 19.3 Å². The van der Waals surface area contributed by atoms with Crippen molar-refractivity contribution in [2.24, 2.45) is 5.11 Å². The third kappa shape index (κ3) is 6.83. The lowest BCUT2D eigenvalue weighted by Gasteiger charge is -2.36. The number of azide groups is 1. The molecule has 0 N–H and O–H groups in total. The van der Waals surface area contributed by atoms with Crippen LogP contribution in [0.5, 0.6) is 6.01 Å². The molecule has 2 aliphatic rings. The number of nitrogens with zero attached hydrogens (tertiary/aromatic N) is 9. The molecule has 0 radical (unpaired) electrons. The molecular formula is C24H33ClFN9O3. The van der Waals surface area contributed by atoms with Crippen LogP contribution in [0.25, 0.3) is 21.3 Å². The molecule has 0 saturated carbocycles. The lowest BCUT2D eigenvalue weighted by Crippen LogP contribution is -2.50. The van der Waals surface area contributed by atoms with Gasteiger partial charge in [-0.25, -0.2) is 14.2 Å². The van der Waals surface area contributed by atoms with Crippen LogP contribution in [0.4, 0.5) is 15.0 Å². The third-order valence-corrected chi connectivity index (χ3v) is 6.77. The van der Waals surface area contributed by atoms with E-state index in [1.165, 1.54) is 6.20 Å². The van der Waals surface area contributed by atoms with Gasteiger partial charge in [0.1, 0.15) is 23.5 Å². The molecule has 4 heterocycles. The molecule has 14 heteroatoms. The van der Waals surface area contributed by atoms with Crippen LogP contribution in [0.15, 0.2) is 11.3 Å². The molecule has 4 rings (SSSR count). The second-order valence-corrected chi connectivity index (χ2v) is 10.7. The summed E-state index contributed by atoms with van der Waals surface area (Å²) in [7, 11) is 0. The van der Waals surface area contributed by atoms with Crippen molar-refractivity contribution in [3.05, 3.63) is 27.6 Å². The molecule has 0 spiro atoms. The number of pyridine rings is 1. The van der Waals surface area contributed by atoms with E-state index in [-0.39, 0.29) is 28.8 Å². The van der Waals surface area contributed by atoms with E-state index in [1.54, 1.807) is 4.90 Å². The molecule has 2 aromatic rings. The molecule has 0 aromatic carbocycles. The van der Waals surface area contributed by atoms with Crippen LogP contribution < -0.4 is 9.64 Å². The molecule has 2 fully saturated rings. The summed E-state index contributed by atoms with van der Waals surface area (Å²) in [6.07, 6.45) is 3.86. The van der Waals surface area contributed by atoms with Gasteiger partial charge in [-0.3, -0.25) is 4.90 Å². The van der Waals surface area contributed by atoms with Crippen LogP contribution in [0.1, 0.15) is 40.0 Å². The average Bonchev–Trinajstić information content (AvgIpc) is 3.33. The first kappa shape index (κ1) is 27.9. The number of ether oxygens (including phenoxy) is 2. The Kier molecular flexibility index (Phi) is 8.91. The van der Waals surface area contributed by atoms with Crippen molar-refractivity contribution in [3.8, 4) is 6.01 Å². The van der Waals surface area contributed by atoms with Gasteiger partial charge in [0.15, 0.2) is 11.0 Å². The summed E-state index contributed by atoms with van der Waals surface area (Å²) in [4.78, 5) is 34.1. The van der Waals surface area contributed by atoms with Crippen molar-refractivity contribution in [1.29, 1.82) is 0 Å². The normalized spacial score (nSPS) is 18.5. The van der Waals surface area contributed by atoms with E-state index >= 15 is 0 Å². The summed E-state index contributed by atoms with van der Waals surface area (Å²) >= 11 is 5.96. The first-order valence-corrected chi connectivity index (χ1v) is 13.2.